The number of ether oxygens (including phenoxy) is 1. The summed E-state index contributed by atoms with van der Waals surface area (Å²) in [5, 5.41) is 23.5. The largest absolute Gasteiger partial charge is 0.466 e. The van der Waals surface area contributed by atoms with Crippen molar-refractivity contribution in [2.24, 2.45) is 0 Å². The summed E-state index contributed by atoms with van der Waals surface area (Å²) in [5.74, 6) is -0.0165. The Bertz CT molecular complexity index is 1320. The molecule has 0 bridgehead atoms. The first-order valence-corrected chi connectivity index (χ1v) is 38.6. The zero-order chi connectivity index (χ0) is 60.6. The van der Waals surface area contributed by atoms with Crippen LogP contribution < -0.4 is 5.32 Å². The normalized spacial score (nSPS) is 12.6. The Morgan fingerprint density at radius 3 is 0.929 bits per heavy atom. The van der Waals surface area contributed by atoms with Gasteiger partial charge in [-0.15, -0.1) is 0 Å². The molecule has 84 heavy (non-hydrogen) atoms. The van der Waals surface area contributed by atoms with E-state index in [1.807, 2.05) is 0 Å². The summed E-state index contributed by atoms with van der Waals surface area (Å²) < 4.78 is 5.50. The summed E-state index contributed by atoms with van der Waals surface area (Å²) >= 11 is 0. The van der Waals surface area contributed by atoms with E-state index in [4.69, 9.17) is 4.74 Å². The molecule has 0 aromatic heterocycles. The van der Waals surface area contributed by atoms with Gasteiger partial charge in [-0.25, -0.2) is 0 Å². The fourth-order valence-corrected chi connectivity index (χ4v) is 12.4. The Hall–Kier alpha value is -1.66. The number of unbranched alkanes of at least 4 members (excludes halogenated alkanes) is 58. The van der Waals surface area contributed by atoms with Crippen molar-refractivity contribution in [2.75, 3.05) is 13.2 Å². The number of nitrogens with one attached hydrogen (secondary N) is 1. The van der Waals surface area contributed by atoms with Crippen LogP contribution in [-0.2, 0) is 14.3 Å². The smallest absolute Gasteiger partial charge is 0.305 e. The Morgan fingerprint density at radius 2 is 0.595 bits per heavy atom. The van der Waals surface area contributed by atoms with Crippen molar-refractivity contribution in [2.45, 2.75) is 450 Å². The second kappa shape index (κ2) is 73.8. The Kier molecular flexibility index (Phi) is 72.3. The number of carbonyl (C=O) groups excluding carboxylic acids is 2. The number of rotatable bonds is 73. The van der Waals surface area contributed by atoms with Crippen LogP contribution in [0, 0.1) is 0 Å². The van der Waals surface area contributed by atoms with Gasteiger partial charge in [-0.2, -0.15) is 0 Å². The van der Waals surface area contributed by atoms with Gasteiger partial charge >= 0.3 is 5.97 Å². The highest BCUT2D eigenvalue weighted by atomic mass is 16.5. The summed E-state index contributed by atoms with van der Waals surface area (Å²) in [6.07, 6.45) is 93.9. The van der Waals surface area contributed by atoms with E-state index in [0.29, 0.717) is 25.9 Å². The molecule has 0 aromatic carbocycles. The molecule has 0 aliphatic carbocycles. The molecule has 0 radical (unpaired) electrons. The van der Waals surface area contributed by atoms with Gasteiger partial charge in [-0.05, 0) is 57.8 Å². The van der Waals surface area contributed by atoms with Gasteiger partial charge in [-0.1, -0.05) is 391 Å². The quantitative estimate of drug-likeness (QED) is 0.0320. The Balaban J connectivity index is 3.35. The minimum atomic E-state index is -0.664. The molecule has 0 saturated heterocycles. The third-order valence-corrected chi connectivity index (χ3v) is 18.3. The number of amides is 1. The van der Waals surface area contributed by atoms with Gasteiger partial charge in [0.25, 0.3) is 0 Å². The van der Waals surface area contributed by atoms with E-state index in [0.717, 1.165) is 51.4 Å². The maximum absolute atomic E-state index is 12.6. The number of allylic oxidation sites excluding steroid dienone is 4. The standard InChI is InChI=1S/C78H151NO5/c1-3-5-7-9-11-13-15-17-19-21-22-23-24-29-32-35-39-42-46-50-54-58-62-66-70-76(81)75(74-80)79-77(82)71-67-63-59-55-51-47-43-40-36-33-30-27-25-26-28-31-34-37-41-45-49-53-57-61-65-69-73-84-78(83)72-68-64-60-56-52-48-44-38-20-18-16-14-12-10-8-6-4-2/h12,14,18,20,75-76,80-81H,3-11,13,15-17,19,21-74H2,1-2H3,(H,79,82)/b14-12-,20-18-. The third kappa shape index (κ3) is 69.4. The maximum Gasteiger partial charge on any atom is 0.305 e. The van der Waals surface area contributed by atoms with Crippen molar-refractivity contribution >= 4 is 11.9 Å². The summed E-state index contributed by atoms with van der Waals surface area (Å²) in [4.78, 5) is 24.7. The number of hydrogen-bond acceptors (Lipinski definition) is 5. The zero-order valence-corrected chi connectivity index (χ0v) is 57.2. The van der Waals surface area contributed by atoms with Crippen LogP contribution in [0.1, 0.15) is 438 Å². The topological polar surface area (TPSA) is 95.9 Å². The number of carbonyl (C=O) groups is 2. The average Bonchev–Trinajstić information content (AvgIpc) is 3.51. The molecule has 498 valence electrons. The van der Waals surface area contributed by atoms with Crippen LogP contribution in [0.5, 0.6) is 0 Å². The van der Waals surface area contributed by atoms with E-state index in [1.165, 1.54) is 353 Å². The van der Waals surface area contributed by atoms with Crippen LogP contribution in [0.2, 0.25) is 0 Å². The van der Waals surface area contributed by atoms with E-state index in [-0.39, 0.29) is 18.5 Å². The van der Waals surface area contributed by atoms with E-state index >= 15 is 0 Å². The van der Waals surface area contributed by atoms with Crippen molar-refractivity contribution in [1.29, 1.82) is 0 Å². The van der Waals surface area contributed by atoms with Crippen molar-refractivity contribution < 1.29 is 24.5 Å². The minimum Gasteiger partial charge on any atom is -0.466 e. The molecule has 0 aliphatic rings. The molecule has 2 atom stereocenters. The number of esters is 1. The van der Waals surface area contributed by atoms with Gasteiger partial charge < -0.3 is 20.3 Å². The van der Waals surface area contributed by atoms with Crippen LogP contribution in [0.3, 0.4) is 0 Å². The van der Waals surface area contributed by atoms with E-state index in [1.54, 1.807) is 0 Å². The van der Waals surface area contributed by atoms with E-state index in [9.17, 15) is 19.8 Å². The summed E-state index contributed by atoms with van der Waals surface area (Å²) in [6, 6.07) is -0.541. The first-order chi connectivity index (χ1) is 41.5. The average molecular weight is 1180 g/mol. The van der Waals surface area contributed by atoms with E-state index < -0.39 is 12.1 Å². The third-order valence-electron chi connectivity index (χ3n) is 18.3. The van der Waals surface area contributed by atoms with Crippen molar-refractivity contribution in [3.8, 4) is 0 Å². The highest BCUT2D eigenvalue weighted by Crippen LogP contribution is 2.20. The molecule has 6 heteroatoms. The van der Waals surface area contributed by atoms with Crippen LogP contribution in [0.25, 0.3) is 0 Å². The molecule has 1 amide bonds. The first-order valence-electron chi connectivity index (χ1n) is 38.6. The summed E-state index contributed by atoms with van der Waals surface area (Å²) in [6.45, 7) is 4.97. The molecule has 0 fully saturated rings. The molecule has 2 unspecified atom stereocenters. The molecular weight excluding hydrogens is 1030 g/mol. The summed E-state index contributed by atoms with van der Waals surface area (Å²) in [5.41, 5.74) is 0. The van der Waals surface area contributed by atoms with Crippen LogP contribution in [-0.4, -0.2) is 47.4 Å². The Morgan fingerprint density at radius 1 is 0.333 bits per heavy atom. The second-order valence-corrected chi connectivity index (χ2v) is 26.7. The highest BCUT2D eigenvalue weighted by Gasteiger charge is 2.20. The predicted octanol–water partition coefficient (Wildman–Crippen LogP) is 25.3. The monoisotopic (exact) mass is 1180 g/mol. The van der Waals surface area contributed by atoms with Crippen molar-refractivity contribution in [1.82, 2.24) is 5.32 Å². The predicted molar refractivity (Wildman–Crippen MR) is 370 cm³/mol. The summed E-state index contributed by atoms with van der Waals surface area (Å²) in [7, 11) is 0. The van der Waals surface area contributed by atoms with Crippen LogP contribution >= 0.6 is 0 Å². The van der Waals surface area contributed by atoms with Crippen molar-refractivity contribution in [3.05, 3.63) is 24.3 Å². The molecule has 3 N–H and O–H groups in total. The molecule has 0 aromatic rings. The number of hydrogen-bond donors (Lipinski definition) is 3. The van der Waals surface area contributed by atoms with Crippen LogP contribution in [0.4, 0.5) is 0 Å². The van der Waals surface area contributed by atoms with Gasteiger partial charge in [0.1, 0.15) is 0 Å². The van der Waals surface area contributed by atoms with Gasteiger partial charge in [0.05, 0.1) is 25.4 Å². The molecule has 0 aliphatic heterocycles. The zero-order valence-electron chi connectivity index (χ0n) is 57.2. The van der Waals surface area contributed by atoms with Gasteiger partial charge in [0.2, 0.25) is 5.91 Å². The minimum absolute atomic E-state index is 0.0107. The van der Waals surface area contributed by atoms with Crippen LogP contribution in [0.15, 0.2) is 24.3 Å². The molecule has 0 saturated carbocycles. The first kappa shape index (κ1) is 82.3. The SMILES string of the molecule is CCCCC/C=C\C/C=C\CCCCCCCCCC(=O)OCCCCCCCCCCCCCCCCCCCCCCCCCCCCC(=O)NC(CO)C(O)CCCCCCCCCCCCCCCCCCCCCCCCCC. The molecule has 0 heterocycles. The van der Waals surface area contributed by atoms with Gasteiger partial charge in [0, 0.05) is 12.8 Å². The number of aliphatic hydroxyl groups excluding tert-OH is 2. The molecular formula is C78H151NO5. The second-order valence-electron chi connectivity index (χ2n) is 26.7. The Labute approximate surface area is 526 Å². The van der Waals surface area contributed by atoms with E-state index in [2.05, 4.69) is 43.5 Å². The maximum atomic E-state index is 12.6. The molecule has 0 spiro atoms. The lowest BCUT2D eigenvalue weighted by atomic mass is 10.0. The number of aliphatic hydroxyl groups is 2. The fourth-order valence-electron chi connectivity index (χ4n) is 12.4. The van der Waals surface area contributed by atoms with Gasteiger partial charge in [0.15, 0.2) is 0 Å². The molecule has 6 nitrogen and oxygen atoms in total. The van der Waals surface area contributed by atoms with Crippen molar-refractivity contribution in [3.63, 3.8) is 0 Å². The lowest BCUT2D eigenvalue weighted by molar-refractivity contribution is -0.143. The van der Waals surface area contributed by atoms with Gasteiger partial charge in [-0.3, -0.25) is 9.59 Å². The lowest BCUT2D eigenvalue weighted by Gasteiger charge is -2.22. The highest BCUT2D eigenvalue weighted by molar-refractivity contribution is 5.76. The fraction of sp³-hybridized carbons (Fsp3) is 0.923. The lowest BCUT2D eigenvalue weighted by Crippen LogP contribution is -2.45. The molecule has 0 rings (SSSR count).